The lowest BCUT2D eigenvalue weighted by Gasteiger charge is -2.27. The zero-order valence-electron chi connectivity index (χ0n) is 13.8. The van der Waals surface area contributed by atoms with Crippen molar-refractivity contribution < 1.29 is 14.3 Å². The molecule has 1 aromatic rings. The lowest BCUT2D eigenvalue weighted by atomic mass is 10.0. The molecule has 1 aliphatic heterocycles. The van der Waals surface area contributed by atoms with E-state index in [1.165, 1.54) is 0 Å². The molecule has 2 amide bonds. The highest BCUT2D eigenvalue weighted by atomic mass is 16.5. The number of carbonyl (C=O) groups is 2. The maximum Gasteiger partial charge on any atom is 0.234 e. The van der Waals surface area contributed by atoms with Crippen molar-refractivity contribution in [2.45, 2.75) is 26.3 Å². The van der Waals surface area contributed by atoms with Crippen molar-refractivity contribution in [3.63, 3.8) is 0 Å². The molecule has 0 saturated carbocycles. The molecule has 1 atom stereocenters. The first-order chi connectivity index (χ1) is 11.1. The van der Waals surface area contributed by atoms with Crippen LogP contribution >= 0.6 is 0 Å². The Morgan fingerprint density at radius 1 is 1.22 bits per heavy atom. The minimum atomic E-state index is -0.0714. The molecule has 126 valence electrons. The second kappa shape index (κ2) is 8.53. The maximum absolute atomic E-state index is 12.3. The number of nitrogens with zero attached hydrogens (tertiary/aromatic N) is 1. The molecule has 2 N–H and O–H groups in total. The van der Waals surface area contributed by atoms with Gasteiger partial charge in [0.25, 0.3) is 0 Å². The molecular weight excluding hydrogens is 294 g/mol. The normalized spacial score (nSPS) is 16.4. The van der Waals surface area contributed by atoms with Gasteiger partial charge in [0, 0.05) is 18.5 Å². The van der Waals surface area contributed by atoms with Crippen molar-refractivity contribution in [2.24, 2.45) is 0 Å². The van der Waals surface area contributed by atoms with E-state index in [2.05, 4.69) is 10.6 Å². The first-order valence-corrected chi connectivity index (χ1v) is 8.14. The van der Waals surface area contributed by atoms with Gasteiger partial charge in [0.1, 0.15) is 5.75 Å². The molecule has 6 heteroatoms. The van der Waals surface area contributed by atoms with Crippen LogP contribution in [0.3, 0.4) is 0 Å². The van der Waals surface area contributed by atoms with E-state index in [1.54, 1.807) is 0 Å². The van der Waals surface area contributed by atoms with Gasteiger partial charge < -0.3 is 15.4 Å². The number of fused-ring (bicyclic) bond motifs is 1. The summed E-state index contributed by atoms with van der Waals surface area (Å²) in [4.78, 5) is 25.8. The fraction of sp³-hybridized carbons (Fsp3) is 0.529. The predicted molar refractivity (Wildman–Crippen MR) is 88.2 cm³/mol. The van der Waals surface area contributed by atoms with Crippen LogP contribution in [0.2, 0.25) is 0 Å². The Kier molecular flexibility index (Phi) is 6.40. The summed E-state index contributed by atoms with van der Waals surface area (Å²) in [6.45, 7) is 6.11. The summed E-state index contributed by atoms with van der Waals surface area (Å²) in [5.41, 5.74) is 1.01. The van der Waals surface area contributed by atoms with Crippen molar-refractivity contribution in [2.75, 3.05) is 32.8 Å². The van der Waals surface area contributed by atoms with Crippen LogP contribution in [0.25, 0.3) is 0 Å². The van der Waals surface area contributed by atoms with Gasteiger partial charge in [0.2, 0.25) is 11.8 Å². The van der Waals surface area contributed by atoms with Gasteiger partial charge >= 0.3 is 0 Å². The Hall–Kier alpha value is -2.08. The fourth-order valence-electron chi connectivity index (χ4n) is 2.67. The van der Waals surface area contributed by atoms with Gasteiger partial charge in [-0.15, -0.1) is 0 Å². The zero-order valence-corrected chi connectivity index (χ0v) is 13.8. The largest absolute Gasteiger partial charge is 0.493 e. The van der Waals surface area contributed by atoms with Gasteiger partial charge in [0.05, 0.1) is 25.7 Å². The summed E-state index contributed by atoms with van der Waals surface area (Å²) in [6, 6.07) is 7.73. The summed E-state index contributed by atoms with van der Waals surface area (Å²) in [7, 11) is 0. The molecule has 1 heterocycles. The average Bonchev–Trinajstić information content (AvgIpc) is 2.54. The zero-order chi connectivity index (χ0) is 16.7. The minimum Gasteiger partial charge on any atom is -0.493 e. The quantitative estimate of drug-likeness (QED) is 0.789. The van der Waals surface area contributed by atoms with Gasteiger partial charge in [-0.05, 0) is 19.5 Å². The monoisotopic (exact) mass is 319 g/mol. The molecule has 0 radical (unpaired) electrons. The standard InChI is InChI=1S/C17H25N3O3/c1-3-18-16(21)11-20(4-2)12-17(22)19-14-9-10-23-15-8-6-5-7-13(14)15/h5-8,14H,3-4,9-12H2,1-2H3,(H,18,21)(H,19,22). The van der Waals surface area contributed by atoms with Gasteiger partial charge in [-0.25, -0.2) is 0 Å². The maximum atomic E-state index is 12.3. The van der Waals surface area contributed by atoms with Gasteiger partial charge in [-0.3, -0.25) is 14.5 Å². The Morgan fingerprint density at radius 2 is 1.96 bits per heavy atom. The summed E-state index contributed by atoms with van der Waals surface area (Å²) in [5, 5.41) is 5.80. The van der Waals surface area contributed by atoms with E-state index in [1.807, 2.05) is 43.0 Å². The molecule has 1 unspecified atom stereocenters. The van der Waals surface area contributed by atoms with Crippen LogP contribution in [0, 0.1) is 0 Å². The van der Waals surface area contributed by atoms with Crippen molar-refractivity contribution >= 4 is 11.8 Å². The number of rotatable bonds is 7. The molecule has 0 aromatic heterocycles. The molecule has 1 aromatic carbocycles. The highest BCUT2D eigenvalue weighted by molar-refractivity contribution is 5.81. The third kappa shape index (κ3) is 4.96. The average molecular weight is 319 g/mol. The summed E-state index contributed by atoms with van der Waals surface area (Å²) in [6.07, 6.45) is 0.755. The van der Waals surface area contributed by atoms with Crippen LogP contribution < -0.4 is 15.4 Å². The molecule has 0 bridgehead atoms. The van der Waals surface area contributed by atoms with Gasteiger partial charge in [-0.2, -0.15) is 0 Å². The van der Waals surface area contributed by atoms with Crippen LogP contribution in [-0.2, 0) is 9.59 Å². The molecule has 0 spiro atoms. The van der Waals surface area contributed by atoms with Gasteiger partial charge in [0.15, 0.2) is 0 Å². The lowest BCUT2D eigenvalue weighted by molar-refractivity contribution is -0.125. The van der Waals surface area contributed by atoms with Crippen LogP contribution in [0.1, 0.15) is 31.9 Å². The Balaban J connectivity index is 1.90. The first kappa shape index (κ1) is 17.3. The van der Waals surface area contributed by atoms with Crippen LogP contribution in [0.5, 0.6) is 5.75 Å². The van der Waals surface area contributed by atoms with E-state index < -0.39 is 0 Å². The van der Waals surface area contributed by atoms with Crippen LogP contribution in [0.4, 0.5) is 0 Å². The Morgan fingerprint density at radius 3 is 2.70 bits per heavy atom. The second-order valence-corrected chi connectivity index (χ2v) is 5.55. The van der Waals surface area contributed by atoms with Crippen LogP contribution in [0.15, 0.2) is 24.3 Å². The molecule has 1 aliphatic rings. The summed E-state index contributed by atoms with van der Waals surface area (Å²) < 4.78 is 5.60. The molecule has 23 heavy (non-hydrogen) atoms. The van der Waals surface area contributed by atoms with Crippen LogP contribution in [-0.4, -0.2) is 49.5 Å². The topological polar surface area (TPSA) is 70.7 Å². The number of likely N-dealkylation sites (N-methyl/N-ethyl adjacent to an activating group) is 2. The number of ether oxygens (including phenoxy) is 1. The SMILES string of the molecule is CCNC(=O)CN(CC)CC(=O)NC1CCOc2ccccc21. The van der Waals surface area contributed by atoms with E-state index in [0.29, 0.717) is 19.7 Å². The van der Waals surface area contributed by atoms with E-state index in [9.17, 15) is 9.59 Å². The third-order valence-corrected chi connectivity index (χ3v) is 3.85. The van der Waals surface area contributed by atoms with E-state index in [0.717, 1.165) is 17.7 Å². The molecule has 6 nitrogen and oxygen atoms in total. The molecular formula is C17H25N3O3. The molecule has 0 fully saturated rings. The van der Waals surface area contributed by atoms with E-state index >= 15 is 0 Å². The Bertz CT molecular complexity index is 548. The second-order valence-electron chi connectivity index (χ2n) is 5.55. The van der Waals surface area contributed by atoms with Crippen molar-refractivity contribution in [3.05, 3.63) is 29.8 Å². The number of hydrogen-bond acceptors (Lipinski definition) is 4. The number of amides is 2. The minimum absolute atomic E-state index is 0.0318. The summed E-state index contributed by atoms with van der Waals surface area (Å²) in [5.74, 6) is 0.704. The van der Waals surface area contributed by atoms with Crippen molar-refractivity contribution in [3.8, 4) is 5.75 Å². The fourth-order valence-corrected chi connectivity index (χ4v) is 2.67. The van der Waals surface area contributed by atoms with E-state index in [4.69, 9.17) is 4.74 Å². The lowest BCUT2D eigenvalue weighted by Crippen LogP contribution is -2.44. The molecule has 0 saturated heterocycles. The third-order valence-electron chi connectivity index (χ3n) is 3.85. The van der Waals surface area contributed by atoms with Crippen molar-refractivity contribution in [1.82, 2.24) is 15.5 Å². The highest BCUT2D eigenvalue weighted by Crippen LogP contribution is 2.31. The van der Waals surface area contributed by atoms with Crippen molar-refractivity contribution in [1.29, 1.82) is 0 Å². The van der Waals surface area contributed by atoms with E-state index in [-0.39, 0.29) is 30.9 Å². The number of nitrogens with one attached hydrogen (secondary N) is 2. The number of hydrogen-bond donors (Lipinski definition) is 2. The highest BCUT2D eigenvalue weighted by Gasteiger charge is 2.23. The summed E-state index contributed by atoms with van der Waals surface area (Å²) >= 11 is 0. The molecule has 0 aliphatic carbocycles. The van der Waals surface area contributed by atoms with Gasteiger partial charge in [-0.1, -0.05) is 25.1 Å². The Labute approximate surface area is 137 Å². The number of carbonyl (C=O) groups excluding carboxylic acids is 2. The predicted octanol–water partition coefficient (Wildman–Crippen LogP) is 1.08. The number of para-hydroxylation sites is 1. The smallest absolute Gasteiger partial charge is 0.234 e. The molecule has 2 rings (SSSR count). The first-order valence-electron chi connectivity index (χ1n) is 8.14. The number of benzene rings is 1.